The van der Waals surface area contributed by atoms with Gasteiger partial charge in [-0.2, -0.15) is 0 Å². The molecule has 0 aromatic heterocycles. The van der Waals surface area contributed by atoms with Gasteiger partial charge < -0.3 is 4.74 Å². The van der Waals surface area contributed by atoms with Crippen molar-refractivity contribution < 1.29 is 9.53 Å². The highest BCUT2D eigenvalue weighted by Gasteiger charge is 1.96. The Morgan fingerprint density at radius 1 is 0.850 bits per heavy atom. The molecule has 0 N–H and O–H groups in total. The molecule has 0 fully saturated rings. The lowest BCUT2D eigenvalue weighted by atomic mass is 10.1. The van der Waals surface area contributed by atoms with E-state index in [9.17, 15) is 4.79 Å². The number of rotatable bonds is 13. The van der Waals surface area contributed by atoms with Crippen LogP contribution in [0.15, 0.2) is 24.3 Å². The van der Waals surface area contributed by atoms with Crippen LogP contribution in [0.25, 0.3) is 0 Å². The van der Waals surface area contributed by atoms with Crippen molar-refractivity contribution in [3.05, 3.63) is 24.3 Å². The summed E-state index contributed by atoms with van der Waals surface area (Å²) in [6.07, 6.45) is 19.8. The number of unbranched alkanes of at least 4 members (excludes halogenated alkanes) is 9. The average molecular weight is 280 g/mol. The SMILES string of the molecule is C/C=C/C=C/C(=O)OCCCCCCCCCCCC. The number of carbonyl (C=O) groups excluding carboxylic acids is 1. The molecule has 0 heterocycles. The minimum Gasteiger partial charge on any atom is -0.463 e. The van der Waals surface area contributed by atoms with Crippen LogP contribution < -0.4 is 0 Å². The van der Waals surface area contributed by atoms with Crippen molar-refractivity contribution in [2.75, 3.05) is 6.61 Å². The Morgan fingerprint density at radius 3 is 1.95 bits per heavy atom. The third-order valence-electron chi connectivity index (χ3n) is 3.28. The van der Waals surface area contributed by atoms with Crippen LogP contribution in [0.3, 0.4) is 0 Å². The molecule has 0 saturated carbocycles. The van der Waals surface area contributed by atoms with E-state index >= 15 is 0 Å². The lowest BCUT2D eigenvalue weighted by Gasteiger charge is -2.03. The van der Waals surface area contributed by atoms with E-state index in [0.29, 0.717) is 6.61 Å². The molecule has 0 aliphatic rings. The fraction of sp³-hybridized carbons (Fsp3) is 0.722. The lowest BCUT2D eigenvalue weighted by Crippen LogP contribution is -2.02. The highest BCUT2D eigenvalue weighted by atomic mass is 16.5. The number of ether oxygens (including phenoxy) is 1. The first-order chi connectivity index (χ1) is 9.81. The zero-order chi connectivity index (χ0) is 14.9. The van der Waals surface area contributed by atoms with Crippen molar-refractivity contribution in [3.63, 3.8) is 0 Å². The monoisotopic (exact) mass is 280 g/mol. The molecular formula is C18H32O2. The molecule has 0 rings (SSSR count). The van der Waals surface area contributed by atoms with Gasteiger partial charge in [0.1, 0.15) is 0 Å². The zero-order valence-electron chi connectivity index (χ0n) is 13.4. The molecular weight excluding hydrogens is 248 g/mol. The second-order valence-electron chi connectivity index (χ2n) is 5.23. The number of esters is 1. The summed E-state index contributed by atoms with van der Waals surface area (Å²) in [4.78, 5) is 11.2. The predicted octanol–water partition coefficient (Wildman–Crippen LogP) is 5.58. The van der Waals surface area contributed by atoms with Crippen LogP contribution in [0.5, 0.6) is 0 Å². The molecule has 20 heavy (non-hydrogen) atoms. The van der Waals surface area contributed by atoms with Gasteiger partial charge in [-0.05, 0) is 13.3 Å². The van der Waals surface area contributed by atoms with Gasteiger partial charge in [0.05, 0.1) is 6.61 Å². The van der Waals surface area contributed by atoms with E-state index < -0.39 is 0 Å². The standard InChI is InChI=1S/C18H32O2/c1-3-5-7-8-9-10-11-12-13-15-17-20-18(19)16-14-6-4-2/h4,6,14,16H,3,5,7-13,15,17H2,1-2H3/b6-4+,16-14+. The summed E-state index contributed by atoms with van der Waals surface area (Å²) >= 11 is 0. The number of hydrogen-bond donors (Lipinski definition) is 0. The Kier molecular flexibility index (Phi) is 15.2. The molecule has 0 bridgehead atoms. The second-order valence-corrected chi connectivity index (χ2v) is 5.23. The second kappa shape index (κ2) is 16.0. The fourth-order valence-corrected chi connectivity index (χ4v) is 2.06. The minimum atomic E-state index is -0.237. The van der Waals surface area contributed by atoms with Gasteiger partial charge >= 0.3 is 5.97 Å². The first-order valence-corrected chi connectivity index (χ1v) is 8.27. The van der Waals surface area contributed by atoms with Crippen LogP contribution in [0, 0.1) is 0 Å². The maximum Gasteiger partial charge on any atom is 0.330 e. The maximum atomic E-state index is 11.2. The van der Waals surface area contributed by atoms with Gasteiger partial charge in [-0.1, -0.05) is 82.9 Å². The molecule has 0 atom stereocenters. The Hall–Kier alpha value is -1.05. The van der Waals surface area contributed by atoms with Gasteiger partial charge in [0.25, 0.3) is 0 Å². The van der Waals surface area contributed by atoms with Crippen LogP contribution in [0.2, 0.25) is 0 Å². The van der Waals surface area contributed by atoms with Crippen molar-refractivity contribution in [2.45, 2.75) is 78.1 Å². The lowest BCUT2D eigenvalue weighted by molar-refractivity contribution is -0.137. The van der Waals surface area contributed by atoms with Gasteiger partial charge in [-0.3, -0.25) is 0 Å². The van der Waals surface area contributed by atoms with Gasteiger partial charge in [0.2, 0.25) is 0 Å². The van der Waals surface area contributed by atoms with Crippen LogP contribution in [0.4, 0.5) is 0 Å². The summed E-state index contributed by atoms with van der Waals surface area (Å²) < 4.78 is 5.10. The summed E-state index contributed by atoms with van der Waals surface area (Å²) in [5, 5.41) is 0. The summed E-state index contributed by atoms with van der Waals surface area (Å²) in [6.45, 7) is 4.72. The first kappa shape index (κ1) is 18.9. The van der Waals surface area contributed by atoms with Gasteiger partial charge in [-0.15, -0.1) is 0 Å². The normalized spacial score (nSPS) is 11.5. The van der Waals surface area contributed by atoms with E-state index in [1.54, 1.807) is 6.08 Å². The van der Waals surface area contributed by atoms with Crippen LogP contribution >= 0.6 is 0 Å². The smallest absolute Gasteiger partial charge is 0.330 e. The highest BCUT2D eigenvalue weighted by molar-refractivity contribution is 5.82. The molecule has 0 amide bonds. The Balaban J connectivity index is 3.18. The summed E-state index contributed by atoms with van der Waals surface area (Å²) in [5.74, 6) is -0.237. The Bertz CT molecular complexity index is 267. The predicted molar refractivity (Wildman–Crippen MR) is 86.8 cm³/mol. The van der Waals surface area contributed by atoms with Crippen molar-refractivity contribution >= 4 is 5.97 Å². The van der Waals surface area contributed by atoms with Crippen molar-refractivity contribution in [3.8, 4) is 0 Å². The maximum absolute atomic E-state index is 11.2. The molecule has 116 valence electrons. The zero-order valence-corrected chi connectivity index (χ0v) is 13.4. The van der Waals surface area contributed by atoms with Crippen LogP contribution in [-0.4, -0.2) is 12.6 Å². The molecule has 0 aromatic rings. The molecule has 0 aliphatic carbocycles. The first-order valence-electron chi connectivity index (χ1n) is 8.27. The van der Waals surface area contributed by atoms with E-state index in [0.717, 1.165) is 6.42 Å². The third kappa shape index (κ3) is 15.0. The van der Waals surface area contributed by atoms with E-state index in [4.69, 9.17) is 4.74 Å². The van der Waals surface area contributed by atoms with Gasteiger partial charge in [0, 0.05) is 6.08 Å². The van der Waals surface area contributed by atoms with Crippen molar-refractivity contribution in [2.24, 2.45) is 0 Å². The van der Waals surface area contributed by atoms with Gasteiger partial charge in [-0.25, -0.2) is 4.79 Å². The number of carbonyl (C=O) groups is 1. The van der Waals surface area contributed by atoms with Crippen LogP contribution in [0.1, 0.15) is 78.1 Å². The molecule has 0 spiro atoms. The van der Waals surface area contributed by atoms with E-state index in [-0.39, 0.29) is 5.97 Å². The fourth-order valence-electron chi connectivity index (χ4n) is 2.06. The van der Waals surface area contributed by atoms with Crippen molar-refractivity contribution in [1.82, 2.24) is 0 Å². The molecule has 2 heteroatoms. The summed E-state index contributed by atoms with van der Waals surface area (Å²) in [5.41, 5.74) is 0. The molecule has 2 nitrogen and oxygen atoms in total. The molecule has 0 saturated heterocycles. The largest absolute Gasteiger partial charge is 0.463 e. The highest BCUT2D eigenvalue weighted by Crippen LogP contribution is 2.10. The summed E-state index contributed by atoms with van der Waals surface area (Å²) in [6, 6.07) is 0. The van der Waals surface area contributed by atoms with E-state index in [1.165, 1.54) is 63.9 Å². The van der Waals surface area contributed by atoms with Crippen molar-refractivity contribution in [1.29, 1.82) is 0 Å². The molecule has 0 radical (unpaired) electrons. The summed E-state index contributed by atoms with van der Waals surface area (Å²) in [7, 11) is 0. The number of hydrogen-bond acceptors (Lipinski definition) is 2. The third-order valence-corrected chi connectivity index (χ3v) is 3.28. The topological polar surface area (TPSA) is 26.3 Å². The Labute approximate surface area is 125 Å². The van der Waals surface area contributed by atoms with Gasteiger partial charge in [0.15, 0.2) is 0 Å². The van der Waals surface area contributed by atoms with E-state index in [1.807, 2.05) is 19.1 Å². The molecule has 0 aromatic carbocycles. The average Bonchev–Trinajstić information content (AvgIpc) is 2.45. The van der Waals surface area contributed by atoms with E-state index in [2.05, 4.69) is 6.92 Å². The Morgan fingerprint density at radius 2 is 1.40 bits per heavy atom. The molecule has 0 aliphatic heterocycles. The minimum absolute atomic E-state index is 0.237. The number of allylic oxidation sites excluding steroid dienone is 3. The molecule has 0 unspecified atom stereocenters. The quantitative estimate of drug-likeness (QED) is 0.190. The van der Waals surface area contributed by atoms with Crippen LogP contribution in [-0.2, 0) is 9.53 Å².